The molecule has 0 N–H and O–H groups in total. The van der Waals surface area contributed by atoms with E-state index in [2.05, 4.69) is 14.8 Å². The van der Waals surface area contributed by atoms with Crippen molar-refractivity contribution in [1.82, 2.24) is 14.8 Å². The summed E-state index contributed by atoms with van der Waals surface area (Å²) < 4.78 is 49.9. The number of hydrogen-bond acceptors (Lipinski definition) is 4. The molecular formula is C13H8Cl2F3N3O2. The number of nitrogens with zero attached hydrogens (tertiary/aromatic N) is 3. The third kappa shape index (κ3) is 2.61. The molecule has 0 saturated carbocycles. The molecule has 2 heterocycles. The molecule has 0 atom stereocenters. The third-order valence-electron chi connectivity index (χ3n) is 3.06. The highest BCUT2D eigenvalue weighted by Crippen LogP contribution is 2.41. The fourth-order valence-corrected chi connectivity index (χ4v) is 2.72. The van der Waals surface area contributed by atoms with E-state index in [1.807, 2.05) is 0 Å². The molecule has 3 rings (SSSR count). The molecule has 0 unspecified atom stereocenters. The average molecular weight is 366 g/mol. The molecule has 0 aliphatic carbocycles. The Balaban J connectivity index is 2.29. The van der Waals surface area contributed by atoms with Gasteiger partial charge in [0.05, 0.1) is 10.6 Å². The maximum atomic E-state index is 14.4. The summed E-state index contributed by atoms with van der Waals surface area (Å²) in [5.74, 6) is -0.914. The minimum Gasteiger partial charge on any atom is -0.440 e. The molecule has 0 amide bonds. The summed E-state index contributed by atoms with van der Waals surface area (Å²) in [6, 6.07) is 1.03. The zero-order valence-electron chi connectivity index (χ0n) is 11.7. The molecular weight excluding hydrogens is 358 g/mol. The Morgan fingerprint density at radius 1 is 1.35 bits per heavy atom. The van der Waals surface area contributed by atoms with E-state index in [-0.39, 0.29) is 38.3 Å². The first-order valence-corrected chi connectivity index (χ1v) is 6.98. The Bertz CT molecular complexity index is 908. The molecule has 0 spiro atoms. The first kappa shape index (κ1) is 15.9. The highest BCUT2D eigenvalue weighted by Gasteiger charge is 2.26. The smallest absolute Gasteiger partial charge is 0.388 e. The van der Waals surface area contributed by atoms with Gasteiger partial charge in [0.25, 0.3) is 0 Å². The van der Waals surface area contributed by atoms with Gasteiger partial charge in [0.15, 0.2) is 11.5 Å². The number of benzene rings is 1. The number of ether oxygens (including phenoxy) is 1. The third-order valence-corrected chi connectivity index (χ3v) is 3.69. The van der Waals surface area contributed by atoms with Crippen molar-refractivity contribution in [2.75, 3.05) is 0 Å². The van der Waals surface area contributed by atoms with Crippen LogP contribution in [0, 0.1) is 12.7 Å². The van der Waals surface area contributed by atoms with Gasteiger partial charge < -0.3 is 9.15 Å². The van der Waals surface area contributed by atoms with E-state index in [4.69, 9.17) is 27.6 Å². The van der Waals surface area contributed by atoms with Crippen LogP contribution in [-0.4, -0.2) is 21.4 Å². The van der Waals surface area contributed by atoms with Crippen LogP contribution < -0.4 is 4.74 Å². The highest BCUT2D eigenvalue weighted by atomic mass is 35.5. The fraction of sp³-hybridized carbons (Fsp3) is 0.231. The van der Waals surface area contributed by atoms with Crippen LogP contribution in [0.25, 0.3) is 22.4 Å². The van der Waals surface area contributed by atoms with Gasteiger partial charge in [-0.15, -0.1) is 0 Å². The number of rotatable bonds is 3. The lowest BCUT2D eigenvalue weighted by atomic mass is 10.1. The molecule has 2 aromatic heterocycles. The molecule has 0 aliphatic rings. The number of hydrogen-bond donors (Lipinski definition) is 0. The lowest BCUT2D eigenvalue weighted by Gasteiger charge is -2.04. The fourth-order valence-electron chi connectivity index (χ4n) is 2.19. The summed E-state index contributed by atoms with van der Waals surface area (Å²) in [5, 5.41) is 3.72. The predicted molar refractivity (Wildman–Crippen MR) is 77.6 cm³/mol. The molecule has 0 fully saturated rings. The second kappa shape index (κ2) is 5.61. The Morgan fingerprint density at radius 3 is 2.70 bits per heavy atom. The predicted octanol–water partition coefficient (Wildman–Crippen LogP) is 4.58. The van der Waals surface area contributed by atoms with Crippen LogP contribution >= 0.6 is 23.2 Å². The second-order valence-corrected chi connectivity index (χ2v) is 5.38. The Morgan fingerprint density at radius 2 is 2.04 bits per heavy atom. The van der Waals surface area contributed by atoms with Crippen LogP contribution in [0.15, 0.2) is 10.5 Å². The van der Waals surface area contributed by atoms with E-state index >= 15 is 0 Å². The van der Waals surface area contributed by atoms with E-state index in [0.29, 0.717) is 0 Å². The molecule has 5 nitrogen and oxygen atoms in total. The maximum absolute atomic E-state index is 14.4. The van der Waals surface area contributed by atoms with Crippen LogP contribution in [0.5, 0.6) is 5.88 Å². The van der Waals surface area contributed by atoms with Crippen molar-refractivity contribution in [2.24, 2.45) is 7.05 Å². The zero-order valence-corrected chi connectivity index (χ0v) is 13.2. The highest BCUT2D eigenvalue weighted by molar-refractivity contribution is 6.36. The normalized spacial score (nSPS) is 11.7. The van der Waals surface area contributed by atoms with Crippen LogP contribution in [0.3, 0.4) is 0 Å². The van der Waals surface area contributed by atoms with Crippen molar-refractivity contribution in [1.29, 1.82) is 0 Å². The summed E-state index contributed by atoms with van der Waals surface area (Å²) in [5.41, 5.74) is 0.00422. The van der Waals surface area contributed by atoms with Crippen LogP contribution in [0.1, 0.15) is 5.89 Å². The van der Waals surface area contributed by atoms with E-state index in [0.717, 1.165) is 10.7 Å². The largest absolute Gasteiger partial charge is 0.440 e. The molecule has 3 aromatic rings. The number of halogens is 5. The molecule has 23 heavy (non-hydrogen) atoms. The van der Waals surface area contributed by atoms with Gasteiger partial charge >= 0.3 is 6.61 Å². The summed E-state index contributed by atoms with van der Waals surface area (Å²) in [7, 11) is 1.34. The molecule has 0 radical (unpaired) electrons. The monoisotopic (exact) mass is 365 g/mol. The van der Waals surface area contributed by atoms with Crippen molar-refractivity contribution >= 4 is 34.3 Å². The van der Waals surface area contributed by atoms with E-state index in [1.165, 1.54) is 7.05 Å². The summed E-state index contributed by atoms with van der Waals surface area (Å²) in [6.45, 7) is -1.54. The van der Waals surface area contributed by atoms with E-state index in [9.17, 15) is 13.2 Å². The minimum absolute atomic E-state index is 0.0242. The van der Waals surface area contributed by atoms with Gasteiger partial charge in [-0.1, -0.05) is 23.2 Å². The van der Waals surface area contributed by atoms with Gasteiger partial charge in [-0.25, -0.2) is 14.1 Å². The summed E-state index contributed by atoms with van der Waals surface area (Å²) in [6.07, 6.45) is 0. The van der Waals surface area contributed by atoms with Gasteiger partial charge in [-0.2, -0.15) is 13.9 Å². The molecule has 0 bridgehead atoms. The lowest BCUT2D eigenvalue weighted by Crippen LogP contribution is -2.06. The van der Waals surface area contributed by atoms with Gasteiger partial charge in [-0.05, 0) is 6.07 Å². The van der Waals surface area contributed by atoms with Gasteiger partial charge in [-0.3, -0.25) is 0 Å². The van der Waals surface area contributed by atoms with E-state index in [1.54, 1.807) is 6.92 Å². The van der Waals surface area contributed by atoms with Gasteiger partial charge in [0.2, 0.25) is 5.88 Å². The van der Waals surface area contributed by atoms with Gasteiger partial charge in [0, 0.05) is 14.0 Å². The first-order chi connectivity index (χ1) is 10.8. The zero-order chi connectivity index (χ0) is 16.9. The second-order valence-electron chi connectivity index (χ2n) is 4.60. The summed E-state index contributed by atoms with van der Waals surface area (Å²) in [4.78, 5) is 4.05. The Hall–Kier alpha value is -1.93. The molecule has 1 aromatic carbocycles. The number of aryl methyl sites for hydroxylation is 2. The van der Waals surface area contributed by atoms with Gasteiger partial charge in [0.1, 0.15) is 22.1 Å². The van der Waals surface area contributed by atoms with Crippen molar-refractivity contribution in [2.45, 2.75) is 13.5 Å². The Kier molecular flexibility index (Phi) is 3.89. The first-order valence-electron chi connectivity index (χ1n) is 6.22. The topological polar surface area (TPSA) is 53.1 Å². The molecule has 0 aliphatic heterocycles. The number of oxazole rings is 1. The van der Waals surface area contributed by atoms with Crippen LogP contribution in [-0.2, 0) is 7.05 Å². The van der Waals surface area contributed by atoms with Crippen molar-refractivity contribution in [3.8, 4) is 17.1 Å². The lowest BCUT2D eigenvalue weighted by molar-refractivity contribution is -0.0552. The number of fused-ring (bicyclic) bond motifs is 1. The Labute approximate surface area is 137 Å². The maximum Gasteiger partial charge on any atom is 0.388 e. The number of aromatic nitrogens is 3. The SMILES string of the molecule is Cc1nc2c(Cl)cc(F)c(-c3nn(C)c(OC(F)F)c3Cl)c2o1. The quantitative estimate of drug-likeness (QED) is 0.681. The van der Waals surface area contributed by atoms with Crippen molar-refractivity contribution in [3.63, 3.8) is 0 Å². The summed E-state index contributed by atoms with van der Waals surface area (Å²) >= 11 is 12.0. The van der Waals surface area contributed by atoms with Crippen molar-refractivity contribution < 1.29 is 22.3 Å². The standard InChI is InChI=1S/C13H8Cl2F3N3O2/c1-4-19-9-5(14)3-6(16)7(11(9)22-4)10-8(15)12(21(2)20-10)23-13(17)18/h3,13H,1-2H3. The van der Waals surface area contributed by atoms with Crippen LogP contribution in [0.2, 0.25) is 10.0 Å². The minimum atomic E-state index is -3.10. The number of alkyl halides is 2. The molecule has 0 saturated heterocycles. The average Bonchev–Trinajstić information content (AvgIpc) is 2.95. The van der Waals surface area contributed by atoms with E-state index < -0.39 is 18.3 Å². The van der Waals surface area contributed by atoms with Crippen LogP contribution in [0.4, 0.5) is 13.2 Å². The molecule has 10 heteroatoms. The van der Waals surface area contributed by atoms with Crippen molar-refractivity contribution in [3.05, 3.63) is 27.8 Å². The molecule has 122 valence electrons.